The van der Waals surface area contributed by atoms with Crippen LogP contribution in [0.2, 0.25) is 0 Å². The summed E-state index contributed by atoms with van der Waals surface area (Å²) in [6.07, 6.45) is -0.0745. The van der Waals surface area contributed by atoms with Gasteiger partial charge >= 0.3 is 6.09 Å². The molecule has 52 heavy (non-hydrogen) atoms. The van der Waals surface area contributed by atoms with E-state index in [9.17, 15) is 9.90 Å². The summed E-state index contributed by atoms with van der Waals surface area (Å²) in [5.74, 6) is 3.61. The van der Waals surface area contributed by atoms with E-state index in [-0.39, 0.29) is 17.1 Å². The van der Waals surface area contributed by atoms with Gasteiger partial charge in [-0.15, -0.1) is 0 Å². The Balaban J connectivity index is 1.64. The van der Waals surface area contributed by atoms with Crippen molar-refractivity contribution in [1.29, 1.82) is 0 Å². The molecular formula is C42H54NO6P3. The van der Waals surface area contributed by atoms with Crippen molar-refractivity contribution in [2.75, 3.05) is 35.0 Å². The van der Waals surface area contributed by atoms with Crippen LogP contribution in [0.3, 0.4) is 0 Å². The molecule has 0 saturated carbocycles. The number of aryl methyl sites for hydroxylation is 8. The summed E-state index contributed by atoms with van der Waals surface area (Å²) in [4.78, 5) is 15.1. The molecule has 4 aromatic carbocycles. The molecule has 4 atom stereocenters. The van der Waals surface area contributed by atoms with E-state index in [4.69, 9.17) is 18.9 Å². The quantitative estimate of drug-likeness (QED) is 0.147. The third-order valence-corrected chi connectivity index (χ3v) is 16.4. The molecule has 4 aromatic rings. The van der Waals surface area contributed by atoms with Gasteiger partial charge in [-0.1, -0.05) is 17.2 Å². The van der Waals surface area contributed by atoms with Crippen LogP contribution in [-0.2, 0) is 0 Å². The molecule has 7 nitrogen and oxygen atoms in total. The molecule has 0 radical (unpaired) electrons. The lowest BCUT2D eigenvalue weighted by Gasteiger charge is -2.31. The van der Waals surface area contributed by atoms with Gasteiger partial charge in [0.2, 0.25) is 0 Å². The maximum atomic E-state index is 13.3. The lowest BCUT2D eigenvalue weighted by molar-refractivity contribution is 0.143. The summed E-state index contributed by atoms with van der Waals surface area (Å²) >= 11 is 0. The molecule has 1 N–H and O–H groups in total. The third kappa shape index (κ3) is 8.23. The maximum absolute atomic E-state index is 13.3. The van der Waals surface area contributed by atoms with Crippen LogP contribution in [0.25, 0.3) is 0 Å². The molecule has 0 aliphatic carbocycles. The number of hydrogen-bond donors (Lipinski definition) is 1. The number of amides is 1. The Labute approximate surface area is 315 Å². The minimum Gasteiger partial charge on any atom is -0.496 e. The van der Waals surface area contributed by atoms with Gasteiger partial charge in [-0.3, -0.25) is 0 Å². The molecule has 10 heteroatoms. The van der Waals surface area contributed by atoms with Crippen LogP contribution in [0.1, 0.15) is 50.9 Å². The molecule has 278 valence electrons. The van der Waals surface area contributed by atoms with Crippen molar-refractivity contribution in [1.82, 2.24) is 4.90 Å². The molecule has 1 amide bonds. The number of hydrogen-bond acceptors (Lipinski definition) is 5. The Morgan fingerprint density at radius 2 is 0.923 bits per heavy atom. The van der Waals surface area contributed by atoms with Gasteiger partial charge in [0.1, 0.15) is 23.0 Å². The number of nitrogens with zero attached hydrogens (tertiary/aromatic N) is 1. The van der Waals surface area contributed by atoms with Gasteiger partial charge in [-0.2, -0.15) is 0 Å². The summed E-state index contributed by atoms with van der Waals surface area (Å²) in [7, 11) is 6.76. The van der Waals surface area contributed by atoms with Gasteiger partial charge in [-0.05, 0) is 184 Å². The highest BCUT2D eigenvalue weighted by molar-refractivity contribution is 7.73. The van der Waals surface area contributed by atoms with Crippen LogP contribution in [0.5, 0.6) is 23.0 Å². The summed E-state index contributed by atoms with van der Waals surface area (Å²) < 4.78 is 23.0. The number of carboxylic acid groups (broad SMARTS) is 1. The van der Waals surface area contributed by atoms with E-state index in [0.717, 1.165) is 73.9 Å². The van der Waals surface area contributed by atoms with E-state index in [2.05, 4.69) is 104 Å². The first-order chi connectivity index (χ1) is 24.7. The Bertz CT molecular complexity index is 1750. The first-order valence-electron chi connectivity index (χ1n) is 17.6. The van der Waals surface area contributed by atoms with E-state index in [1.165, 1.54) is 21.2 Å². The fourth-order valence-electron chi connectivity index (χ4n) is 8.21. The molecule has 1 aliphatic rings. The molecule has 5 rings (SSSR count). The second-order valence-electron chi connectivity index (χ2n) is 14.0. The molecule has 1 heterocycles. The van der Waals surface area contributed by atoms with Gasteiger partial charge < -0.3 is 29.0 Å². The van der Waals surface area contributed by atoms with Crippen molar-refractivity contribution in [3.05, 3.63) is 93.0 Å². The fourth-order valence-corrected chi connectivity index (χ4v) is 15.7. The van der Waals surface area contributed by atoms with Gasteiger partial charge in [0, 0.05) is 23.6 Å². The Morgan fingerprint density at radius 1 is 0.615 bits per heavy atom. The lowest BCUT2D eigenvalue weighted by Crippen LogP contribution is -2.40. The number of benzene rings is 4. The average Bonchev–Trinajstić information content (AvgIpc) is 3.49. The van der Waals surface area contributed by atoms with E-state index in [1.54, 1.807) is 33.3 Å². The fraction of sp³-hybridized carbons (Fsp3) is 0.405. The Morgan fingerprint density at radius 3 is 1.21 bits per heavy atom. The lowest BCUT2D eigenvalue weighted by atomic mass is 10.1. The van der Waals surface area contributed by atoms with Crippen LogP contribution in [0.15, 0.2) is 48.5 Å². The van der Waals surface area contributed by atoms with E-state index in [0.29, 0.717) is 23.7 Å². The monoisotopic (exact) mass is 761 g/mol. The standard InChI is InChI=1S/C42H54NO6P3/c1-23-13-31(14-24(2)37(23)46-9)50-41(51-32-15-25(3)38(47-10)26(4)16-32)36-21-35(22-43(36)42(44)45)52(33-17-27(5)39(48-11)28(6)18-33)34-19-29(7)40(49-12)30(8)20-34/h13-20,35-36,41,50-51H,21-22H2,1-12H3,(H,44,45)/t35-,36-/m0/s1. The molecule has 1 fully saturated rings. The highest BCUT2D eigenvalue weighted by atomic mass is 31.1. The van der Waals surface area contributed by atoms with Crippen LogP contribution in [0, 0.1) is 55.4 Å². The largest absolute Gasteiger partial charge is 0.496 e. The van der Waals surface area contributed by atoms with Crippen molar-refractivity contribution in [2.24, 2.45) is 0 Å². The van der Waals surface area contributed by atoms with Crippen molar-refractivity contribution < 1.29 is 28.8 Å². The van der Waals surface area contributed by atoms with E-state index in [1.807, 2.05) is 0 Å². The predicted molar refractivity (Wildman–Crippen MR) is 223 cm³/mol. The summed E-state index contributed by atoms with van der Waals surface area (Å²) in [5.41, 5.74) is 8.87. The van der Waals surface area contributed by atoms with E-state index < -0.39 is 14.0 Å². The number of rotatable bonds is 12. The van der Waals surface area contributed by atoms with Crippen LogP contribution in [-0.4, -0.2) is 68.2 Å². The molecule has 0 bridgehead atoms. The zero-order valence-electron chi connectivity index (χ0n) is 32.6. The predicted octanol–water partition coefficient (Wildman–Crippen LogP) is 8.08. The van der Waals surface area contributed by atoms with Crippen LogP contribution < -0.4 is 40.2 Å². The SMILES string of the molecule is COc1c(C)cc(PC(Pc2cc(C)c(OC)c(C)c2)[C@@H]2C[C@H](P(c3cc(C)c(OC)c(C)c3)c3cc(C)c(OC)c(C)c3)CN2C(=O)O)cc1C. The maximum Gasteiger partial charge on any atom is 0.407 e. The van der Waals surface area contributed by atoms with Crippen molar-refractivity contribution in [2.45, 2.75) is 78.9 Å². The Hall–Kier alpha value is -3.36. The Kier molecular flexibility index (Phi) is 12.8. The highest BCUT2D eigenvalue weighted by Crippen LogP contribution is 2.51. The first kappa shape index (κ1) is 39.8. The van der Waals surface area contributed by atoms with Crippen molar-refractivity contribution >= 4 is 52.4 Å². The highest BCUT2D eigenvalue weighted by Gasteiger charge is 2.44. The number of carbonyl (C=O) groups is 1. The molecule has 1 aliphatic heterocycles. The van der Waals surface area contributed by atoms with Gasteiger partial charge in [-0.25, -0.2) is 4.79 Å². The summed E-state index contributed by atoms with van der Waals surface area (Å²) in [6, 6.07) is 17.8. The minimum atomic E-state index is -0.950. The first-order valence-corrected chi connectivity index (χ1v) is 21.2. The molecular weight excluding hydrogens is 707 g/mol. The zero-order valence-corrected chi connectivity index (χ0v) is 35.5. The van der Waals surface area contributed by atoms with Crippen molar-refractivity contribution in [3.63, 3.8) is 0 Å². The normalized spacial score (nSPS) is 16.8. The second kappa shape index (κ2) is 16.8. The second-order valence-corrected chi connectivity index (χ2v) is 20.1. The molecule has 1 saturated heterocycles. The van der Waals surface area contributed by atoms with Gasteiger partial charge in [0.15, 0.2) is 0 Å². The zero-order chi connectivity index (χ0) is 38.0. The molecule has 2 unspecified atom stereocenters. The number of likely N-dealkylation sites (tertiary alicyclic amines) is 1. The number of ether oxygens (including phenoxy) is 4. The van der Waals surface area contributed by atoms with Crippen molar-refractivity contribution in [3.8, 4) is 23.0 Å². The third-order valence-electron chi connectivity index (χ3n) is 10.1. The van der Waals surface area contributed by atoms with E-state index >= 15 is 0 Å². The average molecular weight is 762 g/mol. The minimum absolute atomic E-state index is 0.0935. The summed E-state index contributed by atoms with van der Waals surface area (Å²) in [6.45, 7) is 17.2. The topological polar surface area (TPSA) is 77.5 Å². The van der Waals surface area contributed by atoms with Gasteiger partial charge in [0.05, 0.1) is 28.4 Å². The molecule has 0 aromatic heterocycles. The molecule has 0 spiro atoms. The summed E-state index contributed by atoms with van der Waals surface area (Å²) in [5, 5.41) is 16.0. The number of methoxy groups -OCH3 is 4. The van der Waals surface area contributed by atoms with Crippen LogP contribution in [0.4, 0.5) is 4.79 Å². The smallest absolute Gasteiger partial charge is 0.407 e. The van der Waals surface area contributed by atoms with Gasteiger partial charge in [0.25, 0.3) is 0 Å². The van der Waals surface area contributed by atoms with Crippen LogP contribution >= 0.6 is 25.1 Å².